The van der Waals surface area contributed by atoms with Gasteiger partial charge in [-0.15, -0.1) is 0 Å². The van der Waals surface area contributed by atoms with E-state index in [2.05, 4.69) is 0 Å². The van der Waals surface area contributed by atoms with Gasteiger partial charge in [0.15, 0.2) is 5.60 Å². The molecule has 4 nitrogen and oxygen atoms in total. The Hall–Kier alpha value is -0.770. The standard InChI is InChI=1S/C7H12O4/c1-4-7(2)5(9-3)10-6(8)11-7/h5H,4H2,1-3H3. The fourth-order valence-electron chi connectivity index (χ4n) is 1.01. The van der Waals surface area contributed by atoms with Crippen molar-refractivity contribution in [1.82, 2.24) is 0 Å². The van der Waals surface area contributed by atoms with E-state index in [1.807, 2.05) is 6.92 Å². The van der Waals surface area contributed by atoms with Crippen molar-refractivity contribution >= 4 is 6.16 Å². The maximum absolute atomic E-state index is 10.7. The number of rotatable bonds is 2. The number of hydrogen-bond donors (Lipinski definition) is 0. The minimum Gasteiger partial charge on any atom is -0.421 e. The Morgan fingerprint density at radius 1 is 1.73 bits per heavy atom. The Bertz CT molecular complexity index is 168. The third kappa shape index (κ3) is 1.30. The Morgan fingerprint density at radius 2 is 2.36 bits per heavy atom. The highest BCUT2D eigenvalue weighted by molar-refractivity contribution is 5.63. The first-order valence-electron chi connectivity index (χ1n) is 3.55. The van der Waals surface area contributed by atoms with E-state index < -0.39 is 18.0 Å². The van der Waals surface area contributed by atoms with E-state index in [0.717, 1.165) is 0 Å². The van der Waals surface area contributed by atoms with Crippen molar-refractivity contribution in [2.45, 2.75) is 32.2 Å². The summed E-state index contributed by atoms with van der Waals surface area (Å²) in [5.74, 6) is 0. The van der Waals surface area contributed by atoms with Crippen LogP contribution in [0.2, 0.25) is 0 Å². The lowest BCUT2D eigenvalue weighted by Crippen LogP contribution is -2.36. The van der Waals surface area contributed by atoms with E-state index >= 15 is 0 Å². The first kappa shape index (κ1) is 8.33. The van der Waals surface area contributed by atoms with Gasteiger partial charge in [0.1, 0.15) is 0 Å². The SMILES string of the molecule is CCC1(C)OC(=O)OC1OC. The largest absolute Gasteiger partial charge is 0.511 e. The molecule has 2 unspecified atom stereocenters. The van der Waals surface area contributed by atoms with Gasteiger partial charge in [-0.1, -0.05) is 6.92 Å². The average Bonchev–Trinajstić information content (AvgIpc) is 2.27. The van der Waals surface area contributed by atoms with Gasteiger partial charge in [0, 0.05) is 7.11 Å². The summed E-state index contributed by atoms with van der Waals surface area (Å²) in [5, 5.41) is 0. The van der Waals surface area contributed by atoms with Crippen molar-refractivity contribution in [3.63, 3.8) is 0 Å². The summed E-state index contributed by atoms with van der Waals surface area (Å²) in [6, 6.07) is 0. The lowest BCUT2D eigenvalue weighted by molar-refractivity contribution is -0.118. The van der Waals surface area contributed by atoms with Crippen molar-refractivity contribution in [2.75, 3.05) is 7.11 Å². The van der Waals surface area contributed by atoms with Crippen LogP contribution in [0.15, 0.2) is 0 Å². The van der Waals surface area contributed by atoms with E-state index in [4.69, 9.17) is 14.2 Å². The average molecular weight is 160 g/mol. The molecule has 4 heteroatoms. The minimum absolute atomic E-state index is 0.569. The smallest absolute Gasteiger partial charge is 0.421 e. The van der Waals surface area contributed by atoms with Gasteiger partial charge in [-0.05, 0) is 13.3 Å². The molecule has 64 valence electrons. The zero-order chi connectivity index (χ0) is 8.48. The molecular formula is C7H12O4. The molecule has 0 saturated carbocycles. The first-order valence-corrected chi connectivity index (χ1v) is 3.55. The molecule has 2 atom stereocenters. The van der Waals surface area contributed by atoms with E-state index in [1.54, 1.807) is 6.92 Å². The van der Waals surface area contributed by atoms with E-state index in [0.29, 0.717) is 6.42 Å². The van der Waals surface area contributed by atoms with Gasteiger partial charge >= 0.3 is 6.16 Å². The Labute approximate surface area is 65.4 Å². The van der Waals surface area contributed by atoms with Crippen molar-refractivity contribution in [2.24, 2.45) is 0 Å². The molecule has 0 amide bonds. The van der Waals surface area contributed by atoms with Crippen LogP contribution in [0.4, 0.5) is 4.79 Å². The van der Waals surface area contributed by atoms with Gasteiger partial charge in [0.2, 0.25) is 6.29 Å². The van der Waals surface area contributed by atoms with Gasteiger partial charge in [0.25, 0.3) is 0 Å². The molecule has 11 heavy (non-hydrogen) atoms. The van der Waals surface area contributed by atoms with Crippen LogP contribution in [-0.4, -0.2) is 25.2 Å². The van der Waals surface area contributed by atoms with Gasteiger partial charge in [-0.3, -0.25) is 0 Å². The molecule has 0 aromatic heterocycles. The summed E-state index contributed by atoms with van der Waals surface area (Å²) in [6.07, 6.45) is -0.543. The summed E-state index contributed by atoms with van der Waals surface area (Å²) >= 11 is 0. The molecule has 0 aromatic carbocycles. The lowest BCUT2D eigenvalue weighted by atomic mass is 10.0. The lowest BCUT2D eigenvalue weighted by Gasteiger charge is -2.22. The molecule has 1 rings (SSSR count). The molecule has 0 spiro atoms. The predicted octanol–water partition coefficient (Wildman–Crippen LogP) is 1.29. The van der Waals surface area contributed by atoms with Crippen LogP contribution in [0, 0.1) is 0 Å². The van der Waals surface area contributed by atoms with Crippen LogP contribution in [0.3, 0.4) is 0 Å². The quantitative estimate of drug-likeness (QED) is 0.571. The molecule has 1 saturated heterocycles. The fourth-order valence-corrected chi connectivity index (χ4v) is 1.01. The number of carbonyl (C=O) groups is 1. The zero-order valence-electron chi connectivity index (χ0n) is 6.92. The van der Waals surface area contributed by atoms with E-state index in [1.165, 1.54) is 7.11 Å². The number of hydrogen-bond acceptors (Lipinski definition) is 4. The van der Waals surface area contributed by atoms with Crippen LogP contribution in [0.25, 0.3) is 0 Å². The second-order valence-corrected chi connectivity index (χ2v) is 2.70. The maximum Gasteiger partial charge on any atom is 0.511 e. The van der Waals surface area contributed by atoms with Gasteiger partial charge < -0.3 is 14.2 Å². The Morgan fingerprint density at radius 3 is 2.73 bits per heavy atom. The number of ether oxygens (including phenoxy) is 3. The molecule has 1 aliphatic heterocycles. The monoisotopic (exact) mass is 160 g/mol. The number of carbonyl (C=O) groups excluding carboxylic acids is 1. The highest BCUT2D eigenvalue weighted by Crippen LogP contribution is 2.29. The molecule has 0 radical (unpaired) electrons. The first-order chi connectivity index (χ1) is 5.12. The zero-order valence-corrected chi connectivity index (χ0v) is 6.92. The van der Waals surface area contributed by atoms with Crippen molar-refractivity contribution < 1.29 is 19.0 Å². The third-order valence-corrected chi connectivity index (χ3v) is 1.93. The van der Waals surface area contributed by atoms with Crippen LogP contribution in [0.1, 0.15) is 20.3 Å². The van der Waals surface area contributed by atoms with Crippen LogP contribution in [-0.2, 0) is 14.2 Å². The summed E-state index contributed by atoms with van der Waals surface area (Å²) in [6.45, 7) is 3.69. The molecule has 0 N–H and O–H groups in total. The Kier molecular flexibility index (Phi) is 2.04. The molecule has 1 fully saturated rings. The third-order valence-electron chi connectivity index (χ3n) is 1.93. The molecule has 0 aromatic rings. The maximum atomic E-state index is 10.7. The molecule has 0 aliphatic carbocycles. The summed E-state index contributed by atoms with van der Waals surface area (Å²) in [5.41, 5.74) is -0.619. The van der Waals surface area contributed by atoms with Gasteiger partial charge in [-0.2, -0.15) is 0 Å². The highest BCUT2D eigenvalue weighted by Gasteiger charge is 2.46. The number of cyclic esters (lactones) is 2. The summed E-state index contributed by atoms with van der Waals surface area (Å²) in [7, 11) is 1.49. The predicted molar refractivity (Wildman–Crippen MR) is 37.1 cm³/mol. The topological polar surface area (TPSA) is 44.8 Å². The van der Waals surface area contributed by atoms with Crippen LogP contribution >= 0.6 is 0 Å². The van der Waals surface area contributed by atoms with Crippen molar-refractivity contribution in [3.05, 3.63) is 0 Å². The number of methoxy groups -OCH3 is 1. The van der Waals surface area contributed by atoms with Gasteiger partial charge in [-0.25, -0.2) is 4.79 Å². The molecule has 0 bridgehead atoms. The minimum atomic E-state index is -0.652. The Balaban J connectivity index is 2.71. The van der Waals surface area contributed by atoms with Gasteiger partial charge in [0.05, 0.1) is 0 Å². The second kappa shape index (κ2) is 2.70. The van der Waals surface area contributed by atoms with E-state index in [-0.39, 0.29) is 0 Å². The molecular weight excluding hydrogens is 148 g/mol. The summed E-state index contributed by atoms with van der Waals surface area (Å²) < 4.78 is 14.6. The highest BCUT2D eigenvalue weighted by atomic mass is 16.8. The van der Waals surface area contributed by atoms with Crippen LogP contribution < -0.4 is 0 Å². The van der Waals surface area contributed by atoms with Crippen LogP contribution in [0.5, 0.6) is 0 Å². The summed E-state index contributed by atoms with van der Waals surface area (Å²) in [4.78, 5) is 10.7. The molecule has 1 heterocycles. The van der Waals surface area contributed by atoms with Crippen molar-refractivity contribution in [3.8, 4) is 0 Å². The second-order valence-electron chi connectivity index (χ2n) is 2.70. The molecule has 1 aliphatic rings. The fraction of sp³-hybridized carbons (Fsp3) is 0.857. The van der Waals surface area contributed by atoms with Crippen molar-refractivity contribution in [1.29, 1.82) is 0 Å². The normalized spacial score (nSPS) is 36.6. The van der Waals surface area contributed by atoms with E-state index in [9.17, 15) is 4.79 Å².